The molecule has 0 aliphatic carbocycles. The van der Waals surface area contributed by atoms with Crippen molar-refractivity contribution in [2.45, 2.75) is 0 Å². The lowest BCUT2D eigenvalue weighted by Crippen LogP contribution is -2.01. The first-order valence-electron chi connectivity index (χ1n) is 3.20. The predicted octanol–water partition coefficient (Wildman–Crippen LogP) is 1.57. The van der Waals surface area contributed by atoms with E-state index in [0.29, 0.717) is 15.9 Å². The number of aromatic nitrogens is 1. The Morgan fingerprint density at radius 1 is 1.58 bits per heavy atom. The van der Waals surface area contributed by atoms with Gasteiger partial charge in [-0.2, -0.15) is 0 Å². The fraction of sp³-hybridized carbons (Fsp3) is 0.286. The molecule has 0 saturated carbocycles. The smallest absolute Gasteiger partial charge is 0.343 e. The topological polar surface area (TPSA) is 51.3 Å². The van der Waals surface area contributed by atoms with E-state index in [1.807, 2.05) is 0 Å². The molecule has 1 N–H and O–H groups in total. The molecule has 0 bridgehead atoms. The van der Waals surface area contributed by atoms with Gasteiger partial charge in [0.2, 0.25) is 0 Å². The van der Waals surface area contributed by atoms with Crippen molar-refractivity contribution in [1.29, 1.82) is 0 Å². The van der Waals surface area contributed by atoms with Crippen LogP contribution in [0.2, 0.25) is 0 Å². The summed E-state index contributed by atoms with van der Waals surface area (Å²) in [5.74, 6) is 0.0376. The molecule has 0 radical (unpaired) electrons. The summed E-state index contributed by atoms with van der Waals surface area (Å²) in [6.45, 7) is 0. The van der Waals surface area contributed by atoms with Gasteiger partial charge in [-0.1, -0.05) is 0 Å². The molecule has 0 saturated heterocycles. The van der Waals surface area contributed by atoms with Crippen molar-refractivity contribution in [3.8, 4) is 5.75 Å². The van der Waals surface area contributed by atoms with Crippen LogP contribution < -0.4 is 4.74 Å². The first-order chi connectivity index (χ1) is 5.70. The van der Waals surface area contributed by atoms with Gasteiger partial charge in [-0.25, -0.2) is 4.79 Å². The van der Waals surface area contributed by atoms with Crippen LogP contribution in [-0.4, -0.2) is 25.2 Å². The zero-order valence-electron chi connectivity index (χ0n) is 6.68. The second kappa shape index (κ2) is 3.62. The number of esters is 1. The predicted molar refractivity (Wildman–Crippen MR) is 46.4 cm³/mol. The Bertz CT molecular complexity index is 295. The molecular formula is C7H8BrNO3. The average Bonchev–Trinajstić information content (AvgIpc) is 2.45. The quantitative estimate of drug-likeness (QED) is 0.790. The SMILES string of the molecule is COC(=O)c1c[nH]c(Br)c1OC. The van der Waals surface area contributed by atoms with Crippen LogP contribution in [-0.2, 0) is 4.74 Å². The molecule has 0 atom stereocenters. The van der Waals surface area contributed by atoms with Gasteiger partial charge >= 0.3 is 5.97 Å². The number of carbonyl (C=O) groups is 1. The van der Waals surface area contributed by atoms with Crippen molar-refractivity contribution < 1.29 is 14.3 Å². The van der Waals surface area contributed by atoms with Crippen molar-refractivity contribution in [1.82, 2.24) is 4.98 Å². The minimum atomic E-state index is -0.422. The molecule has 5 heteroatoms. The van der Waals surface area contributed by atoms with Gasteiger partial charge in [-0.05, 0) is 15.9 Å². The molecule has 0 aliphatic heterocycles. The third kappa shape index (κ3) is 1.45. The van der Waals surface area contributed by atoms with E-state index in [1.54, 1.807) is 0 Å². The summed E-state index contributed by atoms with van der Waals surface area (Å²) in [7, 11) is 2.81. The molecule has 0 aliphatic rings. The molecule has 12 heavy (non-hydrogen) atoms. The summed E-state index contributed by atoms with van der Waals surface area (Å²) in [6, 6.07) is 0. The summed E-state index contributed by atoms with van der Waals surface area (Å²) >= 11 is 3.19. The lowest BCUT2D eigenvalue weighted by Gasteiger charge is -2.00. The Morgan fingerprint density at radius 2 is 2.25 bits per heavy atom. The number of ether oxygens (including phenoxy) is 2. The molecule has 0 aromatic carbocycles. The highest BCUT2D eigenvalue weighted by Gasteiger charge is 2.16. The maximum atomic E-state index is 11.1. The van der Waals surface area contributed by atoms with Crippen LogP contribution in [0.25, 0.3) is 0 Å². The van der Waals surface area contributed by atoms with Crippen molar-refractivity contribution in [2.24, 2.45) is 0 Å². The van der Waals surface area contributed by atoms with E-state index >= 15 is 0 Å². The first kappa shape index (κ1) is 9.12. The van der Waals surface area contributed by atoms with Crippen molar-refractivity contribution in [2.75, 3.05) is 14.2 Å². The van der Waals surface area contributed by atoms with Crippen LogP contribution in [0.4, 0.5) is 0 Å². The van der Waals surface area contributed by atoms with Crippen molar-refractivity contribution in [3.63, 3.8) is 0 Å². The number of aromatic amines is 1. The van der Waals surface area contributed by atoms with Crippen LogP contribution in [0.15, 0.2) is 10.8 Å². The van der Waals surface area contributed by atoms with Crippen LogP contribution in [0.5, 0.6) is 5.75 Å². The number of hydrogen-bond acceptors (Lipinski definition) is 3. The number of halogens is 1. The third-order valence-electron chi connectivity index (χ3n) is 1.40. The van der Waals surface area contributed by atoms with E-state index in [-0.39, 0.29) is 0 Å². The minimum absolute atomic E-state index is 0.381. The number of carbonyl (C=O) groups excluding carboxylic acids is 1. The van der Waals surface area contributed by atoms with Crippen LogP contribution >= 0.6 is 15.9 Å². The van der Waals surface area contributed by atoms with E-state index in [9.17, 15) is 4.79 Å². The van der Waals surface area contributed by atoms with E-state index in [2.05, 4.69) is 25.7 Å². The second-order valence-corrected chi connectivity index (χ2v) is 2.83. The van der Waals surface area contributed by atoms with E-state index in [0.717, 1.165) is 0 Å². The zero-order valence-corrected chi connectivity index (χ0v) is 8.27. The molecule has 0 fully saturated rings. The minimum Gasteiger partial charge on any atom is -0.493 e. The summed E-state index contributed by atoms with van der Waals surface area (Å²) in [5.41, 5.74) is 0.381. The molecule has 0 unspecified atom stereocenters. The average molecular weight is 234 g/mol. The van der Waals surface area contributed by atoms with Gasteiger partial charge in [0.1, 0.15) is 10.2 Å². The molecule has 1 heterocycles. The lowest BCUT2D eigenvalue weighted by atomic mass is 10.3. The van der Waals surface area contributed by atoms with Gasteiger partial charge in [-0.3, -0.25) is 0 Å². The molecule has 0 spiro atoms. The van der Waals surface area contributed by atoms with Crippen LogP contribution in [0, 0.1) is 0 Å². The fourth-order valence-corrected chi connectivity index (χ4v) is 1.34. The van der Waals surface area contributed by atoms with Crippen molar-refractivity contribution in [3.05, 3.63) is 16.4 Å². The molecule has 0 amide bonds. The number of rotatable bonds is 2. The molecule has 1 rings (SSSR count). The maximum absolute atomic E-state index is 11.1. The molecule has 1 aromatic rings. The summed E-state index contributed by atoms with van der Waals surface area (Å²) < 4.78 is 10.1. The number of nitrogens with one attached hydrogen (secondary N) is 1. The Hall–Kier alpha value is -0.970. The third-order valence-corrected chi connectivity index (χ3v) is 1.99. The van der Waals surface area contributed by atoms with Gasteiger partial charge in [0.05, 0.1) is 14.2 Å². The molecule has 1 aromatic heterocycles. The monoisotopic (exact) mass is 233 g/mol. The van der Waals surface area contributed by atoms with E-state index in [4.69, 9.17) is 4.74 Å². The van der Waals surface area contributed by atoms with Gasteiger partial charge < -0.3 is 14.5 Å². The molecule has 66 valence electrons. The normalized spacial score (nSPS) is 9.58. The van der Waals surface area contributed by atoms with E-state index in [1.165, 1.54) is 20.4 Å². The van der Waals surface area contributed by atoms with Gasteiger partial charge in [-0.15, -0.1) is 0 Å². The highest BCUT2D eigenvalue weighted by atomic mass is 79.9. The molecular weight excluding hydrogens is 226 g/mol. The number of hydrogen-bond donors (Lipinski definition) is 1. The zero-order chi connectivity index (χ0) is 9.14. The van der Waals surface area contributed by atoms with Gasteiger partial charge in [0.15, 0.2) is 5.75 Å². The van der Waals surface area contributed by atoms with E-state index < -0.39 is 5.97 Å². The first-order valence-corrected chi connectivity index (χ1v) is 3.99. The highest BCUT2D eigenvalue weighted by Crippen LogP contribution is 2.28. The maximum Gasteiger partial charge on any atom is 0.343 e. The van der Waals surface area contributed by atoms with Gasteiger partial charge in [0.25, 0.3) is 0 Å². The number of methoxy groups -OCH3 is 2. The van der Waals surface area contributed by atoms with Crippen LogP contribution in [0.1, 0.15) is 10.4 Å². The Morgan fingerprint density at radius 3 is 2.75 bits per heavy atom. The number of H-pyrrole nitrogens is 1. The molecule has 4 nitrogen and oxygen atoms in total. The summed E-state index contributed by atoms with van der Waals surface area (Å²) in [4.78, 5) is 13.9. The fourth-order valence-electron chi connectivity index (χ4n) is 0.846. The standard InChI is InChI=1S/C7H8BrNO3/c1-11-5-4(7(10)12-2)3-9-6(5)8/h3,9H,1-2H3. The van der Waals surface area contributed by atoms with Gasteiger partial charge in [0, 0.05) is 6.20 Å². The second-order valence-electron chi connectivity index (χ2n) is 2.04. The Kier molecular flexibility index (Phi) is 2.75. The lowest BCUT2D eigenvalue weighted by molar-refractivity contribution is 0.0597. The Labute approximate surface area is 78.0 Å². The Balaban J connectivity index is 3.07. The van der Waals surface area contributed by atoms with Crippen LogP contribution in [0.3, 0.4) is 0 Å². The summed E-state index contributed by atoms with van der Waals surface area (Å²) in [5, 5.41) is 0. The van der Waals surface area contributed by atoms with Crippen molar-refractivity contribution >= 4 is 21.9 Å². The largest absolute Gasteiger partial charge is 0.493 e. The highest BCUT2D eigenvalue weighted by molar-refractivity contribution is 9.10. The summed E-state index contributed by atoms with van der Waals surface area (Å²) in [6.07, 6.45) is 1.52.